The summed E-state index contributed by atoms with van der Waals surface area (Å²) in [5.74, 6) is 1.47. The summed E-state index contributed by atoms with van der Waals surface area (Å²) in [6.45, 7) is 7.22. The van der Waals surface area contributed by atoms with Crippen molar-refractivity contribution in [2.75, 3.05) is 37.7 Å². The van der Waals surface area contributed by atoms with Crippen LogP contribution in [0.2, 0.25) is 0 Å². The highest BCUT2D eigenvalue weighted by atomic mass is 16.5. The van der Waals surface area contributed by atoms with Crippen molar-refractivity contribution in [2.45, 2.75) is 32.9 Å². The quantitative estimate of drug-likeness (QED) is 0.527. The summed E-state index contributed by atoms with van der Waals surface area (Å²) in [5.41, 5.74) is 3.80. The number of hydrogen-bond donors (Lipinski definition) is 0. The van der Waals surface area contributed by atoms with Gasteiger partial charge in [0.2, 0.25) is 5.95 Å². The summed E-state index contributed by atoms with van der Waals surface area (Å²) in [7, 11) is 0. The molecular weight excluding hydrogens is 414 g/mol. The van der Waals surface area contributed by atoms with E-state index in [4.69, 9.17) is 4.74 Å². The molecule has 1 saturated heterocycles. The van der Waals surface area contributed by atoms with Gasteiger partial charge in [0.05, 0.1) is 13.2 Å². The molecule has 2 aliphatic rings. The van der Waals surface area contributed by atoms with Gasteiger partial charge in [0.1, 0.15) is 5.69 Å². The van der Waals surface area contributed by atoms with E-state index < -0.39 is 0 Å². The molecule has 0 spiro atoms. The third kappa shape index (κ3) is 5.09. The van der Waals surface area contributed by atoms with Crippen molar-refractivity contribution in [1.29, 1.82) is 0 Å². The molecule has 0 atom stereocenters. The predicted molar refractivity (Wildman–Crippen MR) is 128 cm³/mol. The van der Waals surface area contributed by atoms with E-state index in [-0.39, 0.29) is 5.91 Å². The van der Waals surface area contributed by atoms with E-state index in [1.165, 1.54) is 12.8 Å². The minimum Gasteiger partial charge on any atom is -0.378 e. The summed E-state index contributed by atoms with van der Waals surface area (Å²) in [5, 5.41) is 0. The van der Waals surface area contributed by atoms with Crippen LogP contribution in [0.25, 0.3) is 11.1 Å². The van der Waals surface area contributed by atoms with Gasteiger partial charge < -0.3 is 19.1 Å². The Labute approximate surface area is 195 Å². The van der Waals surface area contributed by atoms with Crippen molar-refractivity contribution in [1.82, 2.24) is 19.4 Å². The Balaban J connectivity index is 1.39. The lowest BCUT2D eigenvalue weighted by molar-refractivity contribution is 0.0741. The van der Waals surface area contributed by atoms with E-state index >= 15 is 0 Å². The standard InChI is InChI=1S/C26H31N5O2/c1-2-29(17-20-6-4-3-5-7-20)25(32)24-14-22(19-31(24)18-21-8-9-21)23-15-27-26(28-16-23)30-10-12-33-13-11-30/h3-7,14-16,19,21H,2,8-13,17-18H2,1H3. The number of carbonyl (C=O) groups excluding carboxylic acids is 1. The second-order valence-corrected chi connectivity index (χ2v) is 8.89. The van der Waals surface area contributed by atoms with Gasteiger partial charge in [0, 0.05) is 62.4 Å². The van der Waals surface area contributed by atoms with E-state index in [1.807, 2.05) is 48.5 Å². The number of aromatic nitrogens is 3. The summed E-state index contributed by atoms with van der Waals surface area (Å²) in [6.07, 6.45) is 8.30. The average molecular weight is 446 g/mol. The second-order valence-electron chi connectivity index (χ2n) is 8.89. The number of rotatable bonds is 8. The molecule has 7 heteroatoms. The number of benzene rings is 1. The van der Waals surface area contributed by atoms with Gasteiger partial charge in [-0.2, -0.15) is 0 Å². The molecule has 1 amide bonds. The lowest BCUT2D eigenvalue weighted by Crippen LogP contribution is -2.37. The van der Waals surface area contributed by atoms with Crippen LogP contribution in [0.1, 0.15) is 35.8 Å². The highest BCUT2D eigenvalue weighted by Gasteiger charge is 2.26. The van der Waals surface area contributed by atoms with E-state index in [1.54, 1.807) is 0 Å². The maximum atomic E-state index is 13.6. The highest BCUT2D eigenvalue weighted by Crippen LogP contribution is 2.33. The van der Waals surface area contributed by atoms with Crippen molar-refractivity contribution in [3.8, 4) is 11.1 Å². The molecule has 5 rings (SSSR count). The maximum absolute atomic E-state index is 13.6. The van der Waals surface area contributed by atoms with Crippen molar-refractivity contribution in [3.05, 3.63) is 66.2 Å². The van der Waals surface area contributed by atoms with Crippen LogP contribution in [-0.4, -0.2) is 58.2 Å². The molecule has 0 unspecified atom stereocenters. The van der Waals surface area contributed by atoms with Crippen LogP contribution >= 0.6 is 0 Å². The number of nitrogens with zero attached hydrogens (tertiary/aromatic N) is 5. The Bertz CT molecular complexity index is 1070. The smallest absolute Gasteiger partial charge is 0.270 e. The largest absolute Gasteiger partial charge is 0.378 e. The topological polar surface area (TPSA) is 63.5 Å². The third-order valence-corrected chi connectivity index (χ3v) is 6.42. The molecule has 33 heavy (non-hydrogen) atoms. The Morgan fingerprint density at radius 1 is 1.09 bits per heavy atom. The van der Waals surface area contributed by atoms with Crippen LogP contribution < -0.4 is 4.90 Å². The van der Waals surface area contributed by atoms with Gasteiger partial charge in [-0.15, -0.1) is 0 Å². The normalized spacial score (nSPS) is 16.1. The third-order valence-electron chi connectivity index (χ3n) is 6.42. The van der Waals surface area contributed by atoms with Crippen LogP contribution in [0.5, 0.6) is 0 Å². The number of ether oxygens (including phenoxy) is 1. The van der Waals surface area contributed by atoms with Crippen molar-refractivity contribution in [2.24, 2.45) is 5.92 Å². The predicted octanol–water partition coefficient (Wildman–Crippen LogP) is 3.85. The van der Waals surface area contributed by atoms with Crippen molar-refractivity contribution in [3.63, 3.8) is 0 Å². The Hall–Kier alpha value is -3.19. The zero-order valence-electron chi connectivity index (χ0n) is 19.2. The molecule has 2 fully saturated rings. The Kier molecular flexibility index (Phi) is 6.39. The van der Waals surface area contributed by atoms with Crippen LogP contribution in [0.15, 0.2) is 55.0 Å². The molecule has 1 aromatic carbocycles. The molecule has 0 N–H and O–H groups in total. The fourth-order valence-electron chi connectivity index (χ4n) is 4.27. The molecule has 3 heterocycles. The zero-order chi connectivity index (χ0) is 22.6. The van der Waals surface area contributed by atoms with Crippen LogP contribution in [0, 0.1) is 5.92 Å². The fraction of sp³-hybridized carbons (Fsp3) is 0.423. The van der Waals surface area contributed by atoms with Gasteiger partial charge in [0.25, 0.3) is 5.91 Å². The van der Waals surface area contributed by atoms with Crippen molar-refractivity contribution < 1.29 is 9.53 Å². The van der Waals surface area contributed by atoms with Gasteiger partial charge in [-0.05, 0) is 37.3 Å². The SMILES string of the molecule is CCN(Cc1ccccc1)C(=O)c1cc(-c2cnc(N3CCOCC3)nc2)cn1CC1CC1. The van der Waals surface area contributed by atoms with Gasteiger partial charge >= 0.3 is 0 Å². The molecule has 1 aliphatic carbocycles. The van der Waals surface area contributed by atoms with E-state index in [0.717, 1.165) is 48.0 Å². The lowest BCUT2D eigenvalue weighted by atomic mass is 10.1. The van der Waals surface area contributed by atoms with Crippen molar-refractivity contribution >= 4 is 11.9 Å². The zero-order valence-corrected chi connectivity index (χ0v) is 19.2. The average Bonchev–Trinajstić information content (AvgIpc) is 3.60. The first kappa shape index (κ1) is 21.6. The lowest BCUT2D eigenvalue weighted by Gasteiger charge is -2.26. The van der Waals surface area contributed by atoms with Crippen LogP contribution in [0.3, 0.4) is 0 Å². The van der Waals surface area contributed by atoms with Gasteiger partial charge in [-0.25, -0.2) is 9.97 Å². The molecule has 1 saturated carbocycles. The molecule has 7 nitrogen and oxygen atoms in total. The number of morpholine rings is 1. The molecule has 2 aromatic heterocycles. The number of carbonyl (C=O) groups is 1. The summed E-state index contributed by atoms with van der Waals surface area (Å²) in [4.78, 5) is 26.8. The summed E-state index contributed by atoms with van der Waals surface area (Å²) in [6, 6.07) is 12.2. The van der Waals surface area contributed by atoms with E-state index in [2.05, 4.69) is 37.8 Å². The van der Waals surface area contributed by atoms with E-state index in [0.29, 0.717) is 32.2 Å². The van der Waals surface area contributed by atoms with Crippen LogP contribution in [-0.2, 0) is 17.8 Å². The number of hydrogen-bond acceptors (Lipinski definition) is 5. The molecule has 1 aliphatic heterocycles. The monoisotopic (exact) mass is 445 g/mol. The maximum Gasteiger partial charge on any atom is 0.270 e. The van der Waals surface area contributed by atoms with Gasteiger partial charge in [-0.3, -0.25) is 4.79 Å². The molecule has 0 bridgehead atoms. The number of amides is 1. The molecule has 172 valence electrons. The van der Waals surface area contributed by atoms with Crippen LogP contribution in [0.4, 0.5) is 5.95 Å². The molecular formula is C26H31N5O2. The first-order valence-electron chi connectivity index (χ1n) is 11.9. The first-order chi connectivity index (χ1) is 16.2. The second kappa shape index (κ2) is 9.75. The fourth-order valence-corrected chi connectivity index (χ4v) is 4.27. The summed E-state index contributed by atoms with van der Waals surface area (Å²) >= 11 is 0. The van der Waals surface area contributed by atoms with Gasteiger partial charge in [0.15, 0.2) is 0 Å². The minimum absolute atomic E-state index is 0.0686. The molecule has 3 aromatic rings. The first-order valence-corrected chi connectivity index (χ1v) is 11.9. The minimum atomic E-state index is 0.0686. The van der Waals surface area contributed by atoms with Gasteiger partial charge in [-0.1, -0.05) is 30.3 Å². The Morgan fingerprint density at radius 3 is 2.48 bits per heavy atom. The van der Waals surface area contributed by atoms with E-state index in [9.17, 15) is 4.79 Å². The highest BCUT2D eigenvalue weighted by molar-refractivity contribution is 5.94. The summed E-state index contributed by atoms with van der Waals surface area (Å²) < 4.78 is 7.56. The molecule has 0 radical (unpaired) electrons. The number of anilines is 1. The Morgan fingerprint density at radius 2 is 1.82 bits per heavy atom.